The first kappa shape index (κ1) is 21.4. The van der Waals surface area contributed by atoms with E-state index in [9.17, 15) is 0 Å². The van der Waals surface area contributed by atoms with E-state index in [2.05, 4.69) is 52.0 Å². The van der Waals surface area contributed by atoms with Crippen LogP contribution in [0.25, 0.3) is 0 Å². The molecule has 5 nitrogen and oxygen atoms in total. The van der Waals surface area contributed by atoms with Gasteiger partial charge in [0.25, 0.3) is 0 Å². The molecule has 4 rings (SSSR count). The fourth-order valence-corrected chi connectivity index (χ4v) is 3.75. The lowest BCUT2D eigenvalue weighted by Crippen LogP contribution is -2.33. The molecule has 1 aliphatic heterocycles. The summed E-state index contributed by atoms with van der Waals surface area (Å²) < 4.78 is 5.76. The van der Waals surface area contributed by atoms with Crippen LogP contribution in [-0.2, 0) is 26.2 Å². The maximum absolute atomic E-state index is 6.05. The number of hydrogen-bond donors (Lipinski definition) is 3. The summed E-state index contributed by atoms with van der Waals surface area (Å²) in [6, 6.07) is 22.6. The molecule has 31 heavy (non-hydrogen) atoms. The van der Waals surface area contributed by atoms with E-state index in [1.54, 1.807) is 0 Å². The molecule has 0 aliphatic carbocycles. The number of benzene rings is 3. The van der Waals surface area contributed by atoms with Gasteiger partial charge in [0, 0.05) is 31.2 Å². The van der Waals surface area contributed by atoms with E-state index in [0.717, 1.165) is 48.2 Å². The van der Waals surface area contributed by atoms with Gasteiger partial charge in [0.1, 0.15) is 17.3 Å². The summed E-state index contributed by atoms with van der Waals surface area (Å²) in [5.74, 6) is 1.29. The second-order valence-electron chi connectivity index (χ2n) is 7.76. The first-order valence-corrected chi connectivity index (χ1v) is 10.8. The van der Waals surface area contributed by atoms with Crippen LogP contribution in [0.2, 0.25) is 5.02 Å². The smallest absolute Gasteiger partial charge is 0.153 e. The molecule has 0 bridgehead atoms. The molecule has 3 aromatic rings. The van der Waals surface area contributed by atoms with Crippen molar-refractivity contribution in [1.29, 1.82) is 0 Å². The van der Waals surface area contributed by atoms with Crippen LogP contribution in [0.1, 0.15) is 29.2 Å². The molecular weight excluding hydrogens is 408 g/mol. The number of hydrogen-bond acceptors (Lipinski definition) is 5. The predicted octanol–water partition coefficient (Wildman–Crippen LogP) is 4.69. The second-order valence-corrected chi connectivity index (χ2v) is 8.19. The first-order valence-electron chi connectivity index (χ1n) is 10.4. The van der Waals surface area contributed by atoms with Gasteiger partial charge in [0.2, 0.25) is 0 Å². The summed E-state index contributed by atoms with van der Waals surface area (Å²) in [4.78, 5) is 4.45. The van der Waals surface area contributed by atoms with Crippen molar-refractivity contribution in [1.82, 2.24) is 10.6 Å². The molecule has 1 unspecified atom stereocenters. The minimum Gasteiger partial charge on any atom is -0.481 e. The van der Waals surface area contributed by atoms with E-state index in [4.69, 9.17) is 22.1 Å². The zero-order chi connectivity index (χ0) is 21.6. The van der Waals surface area contributed by atoms with Crippen LogP contribution in [0.15, 0.2) is 71.7 Å². The summed E-state index contributed by atoms with van der Waals surface area (Å²) in [5, 5.41) is 7.75. The van der Waals surface area contributed by atoms with Crippen molar-refractivity contribution in [2.24, 2.45) is 10.7 Å². The zero-order valence-corrected chi connectivity index (χ0v) is 18.3. The highest BCUT2D eigenvalue weighted by atomic mass is 35.5. The number of nitrogens with zero attached hydrogens (tertiary/aromatic N) is 1. The second kappa shape index (κ2) is 9.96. The van der Waals surface area contributed by atoms with Crippen molar-refractivity contribution >= 4 is 23.1 Å². The van der Waals surface area contributed by atoms with Crippen LogP contribution in [0.5, 0.6) is 5.75 Å². The molecule has 0 aromatic heterocycles. The van der Waals surface area contributed by atoms with Gasteiger partial charge in [-0.25, -0.2) is 4.99 Å². The minimum atomic E-state index is -0.177. The van der Waals surface area contributed by atoms with E-state index >= 15 is 0 Å². The van der Waals surface area contributed by atoms with Gasteiger partial charge < -0.3 is 21.1 Å². The summed E-state index contributed by atoms with van der Waals surface area (Å²) in [6.07, 6.45) is -0.177. The summed E-state index contributed by atoms with van der Waals surface area (Å²) in [6.45, 7) is 5.03. The Hall–Kier alpha value is -2.86. The highest BCUT2D eigenvalue weighted by molar-refractivity contribution is 6.30. The largest absolute Gasteiger partial charge is 0.481 e. The molecule has 0 fully saturated rings. The summed E-state index contributed by atoms with van der Waals surface area (Å²) >= 11 is 6.05. The molecule has 1 heterocycles. The van der Waals surface area contributed by atoms with E-state index in [-0.39, 0.29) is 6.10 Å². The van der Waals surface area contributed by atoms with Gasteiger partial charge in [0.05, 0.1) is 0 Å². The average molecular weight is 435 g/mol. The van der Waals surface area contributed by atoms with Crippen LogP contribution in [0.4, 0.5) is 5.69 Å². The van der Waals surface area contributed by atoms with Gasteiger partial charge in [-0.2, -0.15) is 0 Å². The maximum atomic E-state index is 6.05. The number of ether oxygens (including phenoxy) is 1. The predicted molar refractivity (Wildman–Crippen MR) is 127 cm³/mol. The summed E-state index contributed by atoms with van der Waals surface area (Å²) in [7, 11) is 0. The molecular formula is C25H27ClN4O. The van der Waals surface area contributed by atoms with E-state index in [0.29, 0.717) is 5.84 Å². The number of rotatable bonds is 8. The van der Waals surface area contributed by atoms with Crippen molar-refractivity contribution < 1.29 is 4.74 Å². The lowest BCUT2D eigenvalue weighted by molar-refractivity contribution is 0.281. The van der Waals surface area contributed by atoms with Crippen LogP contribution in [0, 0.1) is 0 Å². The molecule has 6 heteroatoms. The topological polar surface area (TPSA) is 71.7 Å². The zero-order valence-electron chi connectivity index (χ0n) is 17.6. The Kier molecular flexibility index (Phi) is 6.87. The molecule has 3 aromatic carbocycles. The van der Waals surface area contributed by atoms with Gasteiger partial charge >= 0.3 is 0 Å². The number of aliphatic imine (C=N–C) groups is 1. The highest BCUT2D eigenvalue weighted by Crippen LogP contribution is 2.32. The number of halogens is 1. The quantitative estimate of drug-likeness (QED) is 0.481. The first-order chi connectivity index (χ1) is 15.1. The van der Waals surface area contributed by atoms with Crippen LogP contribution < -0.4 is 21.1 Å². The molecule has 1 atom stereocenters. The Bertz CT molecular complexity index is 1080. The van der Waals surface area contributed by atoms with Gasteiger partial charge in [0.15, 0.2) is 6.10 Å². The monoisotopic (exact) mass is 434 g/mol. The van der Waals surface area contributed by atoms with Gasteiger partial charge in [-0.15, -0.1) is 0 Å². The van der Waals surface area contributed by atoms with E-state index < -0.39 is 0 Å². The third kappa shape index (κ3) is 5.85. The normalized spacial score (nSPS) is 15.2. The van der Waals surface area contributed by atoms with Crippen LogP contribution in [0.3, 0.4) is 0 Å². The molecule has 0 amide bonds. The number of amidine groups is 1. The highest BCUT2D eigenvalue weighted by Gasteiger charge is 2.18. The molecule has 4 N–H and O–H groups in total. The molecule has 0 spiro atoms. The van der Waals surface area contributed by atoms with Crippen molar-refractivity contribution in [3.63, 3.8) is 0 Å². The van der Waals surface area contributed by atoms with Crippen molar-refractivity contribution in [2.75, 3.05) is 0 Å². The lowest BCUT2D eigenvalue weighted by Gasteiger charge is -2.21. The molecule has 160 valence electrons. The van der Waals surface area contributed by atoms with Crippen molar-refractivity contribution in [3.8, 4) is 5.75 Å². The standard InChI is InChI=1S/C25H27ClN4O/c1-17-25(27)30-23-12-21(8-9-24(23)31-17)16-29-14-19-5-2-4-18(10-19)13-28-15-20-6-3-7-22(26)11-20/h2-12,17,28-29H,13-16H2,1H3,(H2,27,30). The van der Waals surface area contributed by atoms with Crippen molar-refractivity contribution in [3.05, 3.63) is 94.0 Å². The van der Waals surface area contributed by atoms with Crippen LogP contribution >= 0.6 is 11.6 Å². The molecule has 0 saturated carbocycles. The Labute approximate surface area is 188 Å². The molecule has 0 saturated heterocycles. The number of nitrogens with two attached hydrogens (primary N) is 1. The fourth-order valence-electron chi connectivity index (χ4n) is 3.54. The lowest BCUT2D eigenvalue weighted by atomic mass is 10.1. The van der Waals surface area contributed by atoms with E-state index in [1.165, 1.54) is 16.7 Å². The van der Waals surface area contributed by atoms with E-state index in [1.807, 2.05) is 37.3 Å². The van der Waals surface area contributed by atoms with Gasteiger partial charge in [-0.05, 0) is 53.4 Å². The Morgan fingerprint density at radius 2 is 1.42 bits per heavy atom. The van der Waals surface area contributed by atoms with Gasteiger partial charge in [-0.1, -0.05) is 54.1 Å². The Morgan fingerprint density at radius 1 is 0.839 bits per heavy atom. The molecule has 1 aliphatic rings. The number of fused-ring (bicyclic) bond motifs is 1. The maximum Gasteiger partial charge on any atom is 0.153 e. The summed E-state index contributed by atoms with van der Waals surface area (Å²) in [5.41, 5.74) is 11.5. The van der Waals surface area contributed by atoms with Gasteiger partial charge in [-0.3, -0.25) is 0 Å². The third-order valence-electron chi connectivity index (χ3n) is 5.19. The number of nitrogens with one attached hydrogen (secondary N) is 2. The average Bonchev–Trinajstić information content (AvgIpc) is 2.75. The van der Waals surface area contributed by atoms with Crippen molar-refractivity contribution in [2.45, 2.75) is 39.2 Å². The van der Waals surface area contributed by atoms with Crippen LogP contribution in [-0.4, -0.2) is 11.9 Å². The fraction of sp³-hybridized carbons (Fsp3) is 0.240. The Morgan fingerprint density at radius 3 is 2.06 bits per heavy atom. The molecule has 0 radical (unpaired) electrons. The SMILES string of the molecule is CC1Oc2ccc(CNCc3cccc(CNCc4cccc(Cl)c4)c3)cc2N=C1N. The Balaban J connectivity index is 1.27. The minimum absolute atomic E-state index is 0.177. The third-order valence-corrected chi connectivity index (χ3v) is 5.43.